The van der Waals surface area contributed by atoms with E-state index in [4.69, 9.17) is 21.3 Å². The van der Waals surface area contributed by atoms with Gasteiger partial charge in [0.05, 0.1) is 13.3 Å². The van der Waals surface area contributed by atoms with Gasteiger partial charge in [-0.3, -0.25) is 0 Å². The molecule has 110 valence electrons. The molecule has 1 aromatic rings. The Bertz CT molecular complexity index is 529. The normalized spacial score (nSPS) is 32.2. The van der Waals surface area contributed by atoms with Crippen LogP contribution < -0.4 is 21.7 Å². The number of hydrogen-bond acceptors (Lipinski definition) is 10. The largest absolute Gasteiger partial charge is 0.394 e. The molecule has 0 bridgehead atoms. The molecule has 10 nitrogen and oxygen atoms in total. The van der Waals surface area contributed by atoms with E-state index in [1.165, 1.54) is 0 Å². The highest BCUT2D eigenvalue weighted by molar-refractivity contribution is 5.81. The average molecular weight is 284 g/mol. The Balaban J connectivity index is 1.92. The number of nitrogens with zero attached hydrogens (tertiary/aromatic N) is 3. The lowest BCUT2D eigenvalue weighted by Crippen LogP contribution is -2.44. The highest BCUT2D eigenvalue weighted by atomic mass is 16.6. The van der Waals surface area contributed by atoms with Crippen LogP contribution >= 0.6 is 0 Å². The van der Waals surface area contributed by atoms with Crippen molar-refractivity contribution in [3.05, 3.63) is 0 Å². The molecule has 1 fully saturated rings. The number of aliphatic hydroxyl groups is 3. The van der Waals surface area contributed by atoms with Crippen LogP contribution in [0.15, 0.2) is 0 Å². The number of ether oxygens (including phenoxy) is 1. The van der Waals surface area contributed by atoms with Crippen molar-refractivity contribution in [2.24, 2.45) is 0 Å². The summed E-state index contributed by atoms with van der Waals surface area (Å²) >= 11 is 0. The quantitative estimate of drug-likeness (QED) is 0.336. The fourth-order valence-electron chi connectivity index (χ4n) is 2.45. The van der Waals surface area contributed by atoms with E-state index in [1.54, 1.807) is 4.90 Å². The summed E-state index contributed by atoms with van der Waals surface area (Å²) in [6.45, 7) is -0.124. The van der Waals surface area contributed by atoms with Crippen molar-refractivity contribution in [1.29, 1.82) is 0 Å². The van der Waals surface area contributed by atoms with Gasteiger partial charge in [0.2, 0.25) is 5.95 Å². The van der Waals surface area contributed by atoms with E-state index in [0.717, 1.165) is 0 Å². The van der Waals surface area contributed by atoms with Gasteiger partial charge in [-0.15, -0.1) is 0 Å². The molecule has 0 aliphatic carbocycles. The van der Waals surface area contributed by atoms with Crippen LogP contribution in [0.4, 0.5) is 23.3 Å². The third kappa shape index (κ3) is 1.81. The van der Waals surface area contributed by atoms with Crippen LogP contribution in [0.5, 0.6) is 0 Å². The van der Waals surface area contributed by atoms with Gasteiger partial charge in [0.25, 0.3) is 0 Å². The Morgan fingerprint density at radius 2 is 2.05 bits per heavy atom. The number of aliphatic hydroxyl groups excluding tert-OH is 3. The first-order valence-corrected chi connectivity index (χ1v) is 6.09. The minimum absolute atomic E-state index is 0.00157. The van der Waals surface area contributed by atoms with E-state index in [0.29, 0.717) is 11.5 Å². The van der Waals surface area contributed by atoms with E-state index in [1.807, 2.05) is 0 Å². The number of nitrogens with one attached hydrogen (secondary N) is 1. The highest BCUT2D eigenvalue weighted by Gasteiger charge is 2.47. The van der Waals surface area contributed by atoms with Crippen LogP contribution in [0.2, 0.25) is 0 Å². The monoisotopic (exact) mass is 284 g/mol. The van der Waals surface area contributed by atoms with Crippen LogP contribution in [0.25, 0.3) is 0 Å². The number of rotatable bonds is 2. The molecular formula is C10H16N6O4. The molecule has 1 aromatic heterocycles. The van der Waals surface area contributed by atoms with Crippen LogP contribution in [0.1, 0.15) is 0 Å². The van der Waals surface area contributed by atoms with Crippen LogP contribution in [0, 0.1) is 0 Å². The summed E-state index contributed by atoms with van der Waals surface area (Å²) in [5.41, 5.74) is 11.8. The molecular weight excluding hydrogens is 268 g/mol. The van der Waals surface area contributed by atoms with Crippen molar-refractivity contribution in [2.75, 3.05) is 35.0 Å². The number of hydrogen-bond donors (Lipinski definition) is 6. The van der Waals surface area contributed by atoms with Crippen LogP contribution in [0.3, 0.4) is 0 Å². The second-order valence-corrected chi connectivity index (χ2v) is 4.70. The minimum atomic E-state index is -1.18. The minimum Gasteiger partial charge on any atom is -0.394 e. The predicted molar refractivity (Wildman–Crippen MR) is 69.6 cm³/mol. The first-order chi connectivity index (χ1) is 9.52. The summed E-state index contributed by atoms with van der Waals surface area (Å²) in [5, 5.41) is 31.9. The van der Waals surface area contributed by atoms with Gasteiger partial charge in [0.15, 0.2) is 17.9 Å². The number of aromatic nitrogens is 2. The number of fused-ring (bicyclic) bond motifs is 1. The number of anilines is 4. The first-order valence-electron chi connectivity index (χ1n) is 6.09. The summed E-state index contributed by atoms with van der Waals surface area (Å²) in [6, 6.07) is 0. The Hall–Kier alpha value is -1.88. The van der Waals surface area contributed by atoms with Crippen molar-refractivity contribution in [3.63, 3.8) is 0 Å². The average Bonchev–Trinajstić information content (AvgIpc) is 2.93. The first kappa shape index (κ1) is 13.1. The molecule has 1 saturated heterocycles. The molecule has 10 heteroatoms. The smallest absolute Gasteiger partial charge is 0.224 e. The maximum Gasteiger partial charge on any atom is 0.224 e. The summed E-state index contributed by atoms with van der Waals surface area (Å²) in [7, 11) is 0. The molecule has 0 spiro atoms. The summed E-state index contributed by atoms with van der Waals surface area (Å²) < 4.78 is 5.45. The summed E-state index contributed by atoms with van der Waals surface area (Å²) in [6.07, 6.45) is -4.07. The summed E-state index contributed by atoms with van der Waals surface area (Å²) in [4.78, 5) is 9.48. The van der Waals surface area contributed by atoms with Gasteiger partial charge < -0.3 is 41.7 Å². The fourth-order valence-corrected chi connectivity index (χ4v) is 2.45. The molecule has 4 unspecified atom stereocenters. The molecule has 3 heterocycles. The molecule has 8 N–H and O–H groups in total. The van der Waals surface area contributed by atoms with Crippen LogP contribution in [-0.2, 0) is 4.74 Å². The number of nitrogen functional groups attached to an aromatic ring is 2. The van der Waals surface area contributed by atoms with Gasteiger partial charge in [-0.25, -0.2) is 0 Å². The van der Waals surface area contributed by atoms with Gasteiger partial charge in [0.1, 0.15) is 24.0 Å². The maximum atomic E-state index is 10.0. The van der Waals surface area contributed by atoms with E-state index < -0.39 is 31.1 Å². The molecule has 20 heavy (non-hydrogen) atoms. The van der Waals surface area contributed by atoms with Gasteiger partial charge in [-0.05, 0) is 0 Å². The van der Waals surface area contributed by atoms with Crippen molar-refractivity contribution < 1.29 is 20.1 Å². The molecule has 2 aliphatic rings. The zero-order chi connectivity index (χ0) is 14.4. The van der Waals surface area contributed by atoms with E-state index in [-0.39, 0.29) is 18.4 Å². The SMILES string of the molecule is Nc1nc(N)c2c(n1)N(C1OC(CO)C(O)C1O)CN2. The standard InChI is InChI=1S/C10H16N6O4/c11-7-4-8(15-10(12)14-7)16(2-13-4)9-6(19)5(18)3(1-17)20-9/h3,5-6,9,13,17-19H,1-2H2,(H4,11,12,14,15). The molecule has 0 amide bonds. The zero-order valence-corrected chi connectivity index (χ0v) is 10.5. The highest BCUT2D eigenvalue weighted by Crippen LogP contribution is 2.38. The van der Waals surface area contributed by atoms with E-state index >= 15 is 0 Å². The Morgan fingerprint density at radius 3 is 2.70 bits per heavy atom. The third-order valence-electron chi connectivity index (χ3n) is 3.46. The van der Waals surface area contributed by atoms with Crippen molar-refractivity contribution in [3.8, 4) is 0 Å². The third-order valence-corrected chi connectivity index (χ3v) is 3.46. The van der Waals surface area contributed by atoms with Gasteiger partial charge in [0, 0.05) is 0 Å². The topological polar surface area (TPSA) is 163 Å². The molecule has 2 aliphatic heterocycles. The predicted octanol–water partition coefficient (Wildman–Crippen LogP) is -2.73. The number of nitrogens with two attached hydrogens (primary N) is 2. The second kappa shape index (κ2) is 4.59. The lowest BCUT2D eigenvalue weighted by Gasteiger charge is -2.26. The lowest BCUT2D eigenvalue weighted by molar-refractivity contribution is -0.0219. The fraction of sp³-hybridized carbons (Fsp3) is 0.600. The molecule has 3 rings (SSSR count). The lowest BCUT2D eigenvalue weighted by atomic mass is 10.1. The Morgan fingerprint density at radius 1 is 1.30 bits per heavy atom. The maximum absolute atomic E-state index is 10.0. The van der Waals surface area contributed by atoms with Gasteiger partial charge in [-0.2, -0.15) is 9.97 Å². The molecule has 0 radical (unpaired) electrons. The molecule has 0 aromatic carbocycles. The van der Waals surface area contributed by atoms with Crippen molar-refractivity contribution >= 4 is 23.3 Å². The molecule has 0 saturated carbocycles. The van der Waals surface area contributed by atoms with Crippen molar-refractivity contribution in [2.45, 2.75) is 24.5 Å². The van der Waals surface area contributed by atoms with E-state index in [2.05, 4.69) is 15.3 Å². The van der Waals surface area contributed by atoms with Crippen molar-refractivity contribution in [1.82, 2.24) is 9.97 Å². The van der Waals surface area contributed by atoms with Gasteiger partial charge >= 0.3 is 0 Å². The Kier molecular flexibility index (Phi) is 3.01. The molecule has 4 atom stereocenters. The van der Waals surface area contributed by atoms with Gasteiger partial charge in [-0.1, -0.05) is 0 Å². The van der Waals surface area contributed by atoms with Crippen LogP contribution in [-0.4, -0.2) is 63.1 Å². The Labute approximate surface area is 114 Å². The van der Waals surface area contributed by atoms with E-state index in [9.17, 15) is 10.2 Å². The zero-order valence-electron chi connectivity index (χ0n) is 10.5. The second-order valence-electron chi connectivity index (χ2n) is 4.70. The summed E-state index contributed by atoms with van der Waals surface area (Å²) in [5.74, 6) is 0.591.